The Morgan fingerprint density at radius 2 is 1.84 bits per heavy atom. The van der Waals surface area contributed by atoms with Crippen LogP contribution in [0.1, 0.15) is 33.7 Å². The van der Waals surface area contributed by atoms with Crippen molar-refractivity contribution in [3.05, 3.63) is 83.2 Å². The number of benzene rings is 2. The SMILES string of the molecule is Cc1ncc(C(=O)N=CC2(C(=O)NCc3ccc(Nc4ccc(F)cc4C(F)(F)F)cc3)CCOC2)cn1. The van der Waals surface area contributed by atoms with Gasteiger partial charge in [-0.1, -0.05) is 12.1 Å². The first-order valence-electron chi connectivity index (χ1n) is 11.5. The third-order valence-electron chi connectivity index (χ3n) is 5.93. The van der Waals surface area contributed by atoms with Crippen LogP contribution in [0.15, 0.2) is 59.9 Å². The fraction of sp³-hybridized carbons (Fsp3) is 0.269. The first kappa shape index (κ1) is 26.9. The van der Waals surface area contributed by atoms with Crippen molar-refractivity contribution in [2.75, 3.05) is 18.5 Å². The normalized spacial score (nSPS) is 17.5. The van der Waals surface area contributed by atoms with Crippen LogP contribution < -0.4 is 10.6 Å². The fourth-order valence-electron chi connectivity index (χ4n) is 3.76. The van der Waals surface area contributed by atoms with Gasteiger partial charge in [0.15, 0.2) is 0 Å². The Bertz CT molecular complexity index is 1340. The summed E-state index contributed by atoms with van der Waals surface area (Å²) in [7, 11) is 0. The molecule has 0 radical (unpaired) electrons. The Hall–Kier alpha value is -4.19. The highest BCUT2D eigenvalue weighted by Crippen LogP contribution is 2.36. The Balaban J connectivity index is 1.39. The van der Waals surface area contributed by atoms with Crippen LogP contribution in [-0.4, -0.2) is 41.2 Å². The van der Waals surface area contributed by atoms with Crippen LogP contribution in [0.25, 0.3) is 0 Å². The Labute approximate surface area is 215 Å². The van der Waals surface area contributed by atoms with E-state index in [1.807, 2.05) is 0 Å². The van der Waals surface area contributed by atoms with Crippen molar-refractivity contribution >= 4 is 29.4 Å². The largest absolute Gasteiger partial charge is 0.418 e. The number of aryl methyl sites for hydroxylation is 1. The van der Waals surface area contributed by atoms with Gasteiger partial charge in [-0.05, 0) is 49.2 Å². The molecule has 2 N–H and O–H groups in total. The number of rotatable bonds is 7. The minimum Gasteiger partial charge on any atom is -0.380 e. The van der Waals surface area contributed by atoms with Gasteiger partial charge >= 0.3 is 6.18 Å². The van der Waals surface area contributed by atoms with Crippen LogP contribution in [0.5, 0.6) is 0 Å². The van der Waals surface area contributed by atoms with E-state index in [-0.39, 0.29) is 30.3 Å². The Morgan fingerprint density at radius 1 is 1.13 bits per heavy atom. The molecule has 0 aliphatic carbocycles. The lowest BCUT2D eigenvalue weighted by Gasteiger charge is -2.21. The predicted octanol–water partition coefficient (Wildman–Crippen LogP) is 4.62. The molecular formula is C26H23F4N5O3. The van der Waals surface area contributed by atoms with E-state index < -0.39 is 28.9 Å². The molecule has 2 heterocycles. The molecule has 2 amide bonds. The number of hydrogen-bond acceptors (Lipinski definition) is 6. The Morgan fingerprint density at radius 3 is 2.47 bits per heavy atom. The van der Waals surface area contributed by atoms with E-state index in [9.17, 15) is 27.2 Å². The molecular weight excluding hydrogens is 506 g/mol. The van der Waals surface area contributed by atoms with Gasteiger partial charge in [0.25, 0.3) is 5.91 Å². The van der Waals surface area contributed by atoms with Gasteiger partial charge in [-0.3, -0.25) is 9.59 Å². The van der Waals surface area contributed by atoms with E-state index in [4.69, 9.17) is 4.74 Å². The minimum atomic E-state index is -4.73. The van der Waals surface area contributed by atoms with Crippen molar-refractivity contribution in [3.63, 3.8) is 0 Å². The zero-order valence-electron chi connectivity index (χ0n) is 20.2. The Kier molecular flexibility index (Phi) is 7.81. The number of hydrogen-bond donors (Lipinski definition) is 2. The molecule has 1 aliphatic heterocycles. The van der Waals surface area contributed by atoms with Crippen molar-refractivity contribution in [1.82, 2.24) is 15.3 Å². The summed E-state index contributed by atoms with van der Waals surface area (Å²) in [6.07, 6.45) is -0.374. The number of nitrogens with one attached hydrogen (secondary N) is 2. The molecule has 1 atom stereocenters. The molecule has 38 heavy (non-hydrogen) atoms. The molecule has 0 spiro atoms. The number of carbonyl (C=O) groups is 2. The summed E-state index contributed by atoms with van der Waals surface area (Å²) in [4.78, 5) is 37.3. The van der Waals surface area contributed by atoms with Gasteiger partial charge < -0.3 is 15.4 Å². The van der Waals surface area contributed by atoms with E-state index in [2.05, 4.69) is 25.6 Å². The molecule has 8 nitrogen and oxygen atoms in total. The van der Waals surface area contributed by atoms with Crippen LogP contribution >= 0.6 is 0 Å². The van der Waals surface area contributed by atoms with Crippen molar-refractivity contribution in [3.8, 4) is 0 Å². The monoisotopic (exact) mass is 529 g/mol. The van der Waals surface area contributed by atoms with E-state index >= 15 is 0 Å². The molecule has 1 saturated heterocycles. The summed E-state index contributed by atoms with van der Waals surface area (Å²) in [6, 6.07) is 8.74. The van der Waals surface area contributed by atoms with Crippen molar-refractivity contribution in [2.45, 2.75) is 26.1 Å². The summed E-state index contributed by atoms with van der Waals surface area (Å²) in [5.74, 6) is -1.44. The second-order valence-corrected chi connectivity index (χ2v) is 8.73. The molecule has 198 valence electrons. The smallest absolute Gasteiger partial charge is 0.380 e. The summed E-state index contributed by atoms with van der Waals surface area (Å²) in [6.45, 7) is 2.19. The minimum absolute atomic E-state index is 0.0576. The number of halogens is 4. The predicted molar refractivity (Wildman–Crippen MR) is 130 cm³/mol. The number of anilines is 2. The van der Waals surface area contributed by atoms with Crippen molar-refractivity contribution < 1.29 is 31.9 Å². The number of amides is 2. The van der Waals surface area contributed by atoms with E-state index in [1.165, 1.54) is 18.6 Å². The van der Waals surface area contributed by atoms with Crippen LogP contribution in [0.2, 0.25) is 0 Å². The van der Waals surface area contributed by atoms with E-state index in [1.54, 1.807) is 31.2 Å². The number of aromatic nitrogens is 2. The molecule has 1 aliphatic rings. The molecule has 1 fully saturated rings. The lowest BCUT2D eigenvalue weighted by Crippen LogP contribution is -2.42. The fourth-order valence-corrected chi connectivity index (χ4v) is 3.76. The van der Waals surface area contributed by atoms with Crippen molar-refractivity contribution in [1.29, 1.82) is 0 Å². The maximum atomic E-state index is 13.3. The molecule has 3 aromatic rings. The van der Waals surface area contributed by atoms with Crippen LogP contribution in [0.3, 0.4) is 0 Å². The molecule has 2 aromatic carbocycles. The van der Waals surface area contributed by atoms with Gasteiger partial charge in [0.1, 0.15) is 17.1 Å². The van der Waals surface area contributed by atoms with E-state index in [0.717, 1.165) is 12.1 Å². The van der Waals surface area contributed by atoms with E-state index in [0.29, 0.717) is 36.2 Å². The zero-order chi connectivity index (χ0) is 27.3. The second kappa shape index (κ2) is 11.1. The van der Waals surface area contributed by atoms with Gasteiger partial charge in [0.05, 0.1) is 23.4 Å². The number of aliphatic imine (C=N–C) groups is 1. The summed E-state index contributed by atoms with van der Waals surface area (Å²) >= 11 is 0. The van der Waals surface area contributed by atoms with Crippen molar-refractivity contribution in [2.24, 2.45) is 10.4 Å². The average molecular weight is 529 g/mol. The molecule has 12 heteroatoms. The summed E-state index contributed by atoms with van der Waals surface area (Å²) < 4.78 is 58.5. The quantitative estimate of drug-likeness (QED) is 0.342. The highest BCUT2D eigenvalue weighted by Gasteiger charge is 2.41. The van der Waals surface area contributed by atoms with Gasteiger partial charge in [0.2, 0.25) is 5.91 Å². The van der Waals surface area contributed by atoms with Crippen LogP contribution in [0.4, 0.5) is 28.9 Å². The number of nitrogens with zero attached hydrogens (tertiary/aromatic N) is 3. The van der Waals surface area contributed by atoms with Gasteiger partial charge in [-0.25, -0.2) is 19.4 Å². The summed E-state index contributed by atoms with van der Waals surface area (Å²) in [5, 5.41) is 5.44. The zero-order valence-corrected chi connectivity index (χ0v) is 20.2. The second-order valence-electron chi connectivity index (χ2n) is 8.73. The molecule has 0 saturated carbocycles. The highest BCUT2D eigenvalue weighted by atomic mass is 19.4. The standard InChI is InChI=1S/C26H23F4N5O3/c1-16-31-12-18(13-32-16)23(36)34-14-25(8-9-38-15-25)24(37)33-11-17-2-5-20(6-3-17)35-22-7-4-19(27)10-21(22)26(28,29)30/h2-7,10,12-14,35H,8-9,11,15H2,1H3,(H,33,37). The molecule has 4 rings (SSSR count). The topological polar surface area (TPSA) is 106 Å². The van der Waals surface area contributed by atoms with Gasteiger partial charge in [-0.2, -0.15) is 13.2 Å². The molecule has 0 bridgehead atoms. The van der Waals surface area contributed by atoms with Gasteiger partial charge in [-0.15, -0.1) is 0 Å². The molecule has 1 unspecified atom stereocenters. The average Bonchev–Trinajstić information content (AvgIpc) is 3.38. The highest BCUT2D eigenvalue weighted by molar-refractivity contribution is 6.05. The number of ether oxygens (including phenoxy) is 1. The number of alkyl halides is 3. The first-order valence-corrected chi connectivity index (χ1v) is 11.5. The van der Waals surface area contributed by atoms with Gasteiger partial charge in [0, 0.05) is 37.4 Å². The maximum absolute atomic E-state index is 13.3. The lowest BCUT2D eigenvalue weighted by molar-refractivity contribution is -0.137. The number of carbonyl (C=O) groups excluding carboxylic acids is 2. The third kappa shape index (κ3) is 6.38. The first-order chi connectivity index (χ1) is 18.1. The summed E-state index contributed by atoms with van der Waals surface area (Å²) in [5.41, 5.74) is -1.30. The third-order valence-corrected chi connectivity index (χ3v) is 5.93. The maximum Gasteiger partial charge on any atom is 0.418 e. The lowest BCUT2D eigenvalue weighted by atomic mass is 9.87. The van der Waals surface area contributed by atoms with Crippen LogP contribution in [-0.2, 0) is 22.3 Å². The molecule has 1 aromatic heterocycles. The van der Waals surface area contributed by atoms with Crippen LogP contribution in [0, 0.1) is 18.2 Å².